The monoisotopic (exact) mass is 506 g/mol. The van der Waals surface area contributed by atoms with Crippen LogP contribution in [0.2, 0.25) is 0 Å². The van der Waals surface area contributed by atoms with Crippen molar-refractivity contribution < 1.29 is 17.9 Å². The smallest absolute Gasteiger partial charge is 0.254 e. The van der Waals surface area contributed by atoms with E-state index < -0.39 is 9.84 Å². The Morgan fingerprint density at radius 1 is 0.889 bits per heavy atom. The van der Waals surface area contributed by atoms with Crippen LogP contribution in [-0.4, -0.2) is 52.5 Å². The second-order valence-corrected chi connectivity index (χ2v) is 12.2. The third-order valence-corrected chi connectivity index (χ3v) is 8.30. The van der Waals surface area contributed by atoms with E-state index in [9.17, 15) is 13.2 Å². The van der Waals surface area contributed by atoms with E-state index in [0.29, 0.717) is 31.7 Å². The zero-order valence-electron chi connectivity index (χ0n) is 21.4. The van der Waals surface area contributed by atoms with Gasteiger partial charge in [0, 0.05) is 31.7 Å². The molecule has 1 heterocycles. The molecule has 7 heteroatoms. The van der Waals surface area contributed by atoms with Crippen LogP contribution in [0.3, 0.4) is 0 Å². The van der Waals surface area contributed by atoms with E-state index >= 15 is 0 Å². The van der Waals surface area contributed by atoms with E-state index in [0.717, 1.165) is 22.6 Å². The van der Waals surface area contributed by atoms with Gasteiger partial charge in [-0.1, -0.05) is 63.2 Å². The molecule has 0 bridgehead atoms. The number of sulfone groups is 1. The minimum atomic E-state index is -3.59. The second-order valence-electron chi connectivity index (χ2n) is 10.2. The van der Waals surface area contributed by atoms with E-state index in [1.54, 1.807) is 30.2 Å². The van der Waals surface area contributed by atoms with E-state index in [2.05, 4.69) is 25.7 Å². The molecule has 1 saturated heterocycles. The van der Waals surface area contributed by atoms with Gasteiger partial charge in [0.1, 0.15) is 5.75 Å². The van der Waals surface area contributed by atoms with Crippen LogP contribution < -0.4 is 9.64 Å². The second kappa shape index (κ2) is 10.3. The summed E-state index contributed by atoms with van der Waals surface area (Å²) >= 11 is 0. The Labute approximate surface area is 214 Å². The van der Waals surface area contributed by atoms with Gasteiger partial charge < -0.3 is 14.5 Å². The van der Waals surface area contributed by atoms with Crippen LogP contribution in [-0.2, 0) is 21.0 Å². The number of rotatable bonds is 6. The van der Waals surface area contributed by atoms with E-state index in [1.807, 2.05) is 48.5 Å². The largest absolute Gasteiger partial charge is 0.495 e. The Hall–Kier alpha value is -3.32. The molecule has 0 unspecified atom stereocenters. The van der Waals surface area contributed by atoms with Gasteiger partial charge >= 0.3 is 0 Å². The summed E-state index contributed by atoms with van der Waals surface area (Å²) in [6.45, 7) is 8.82. The van der Waals surface area contributed by atoms with Crippen LogP contribution in [0, 0.1) is 0 Å². The molecule has 0 aliphatic carbocycles. The van der Waals surface area contributed by atoms with Crippen molar-refractivity contribution in [1.29, 1.82) is 0 Å². The number of hydrogen-bond acceptors (Lipinski definition) is 5. The normalized spacial score (nSPS) is 14.6. The van der Waals surface area contributed by atoms with Crippen molar-refractivity contribution in [2.24, 2.45) is 0 Å². The fourth-order valence-electron chi connectivity index (χ4n) is 4.45. The molecule has 190 valence electrons. The summed E-state index contributed by atoms with van der Waals surface area (Å²) < 4.78 is 31.8. The van der Waals surface area contributed by atoms with Gasteiger partial charge in [0.2, 0.25) is 0 Å². The van der Waals surface area contributed by atoms with E-state index in [1.165, 1.54) is 6.07 Å². The number of para-hydroxylation sites is 2. The van der Waals surface area contributed by atoms with E-state index in [-0.39, 0.29) is 22.0 Å². The highest BCUT2D eigenvalue weighted by molar-refractivity contribution is 7.90. The predicted octanol–water partition coefficient (Wildman–Crippen LogP) is 4.93. The number of methoxy groups -OCH3 is 1. The topological polar surface area (TPSA) is 66.9 Å². The fraction of sp³-hybridized carbons (Fsp3) is 0.345. The van der Waals surface area contributed by atoms with Crippen molar-refractivity contribution in [3.05, 3.63) is 89.5 Å². The van der Waals surface area contributed by atoms with Gasteiger partial charge in [-0.05, 0) is 46.9 Å². The molecule has 0 aromatic heterocycles. The van der Waals surface area contributed by atoms with Gasteiger partial charge in [-0.15, -0.1) is 0 Å². The maximum absolute atomic E-state index is 13.2. The lowest BCUT2D eigenvalue weighted by molar-refractivity contribution is 0.0746. The van der Waals surface area contributed by atoms with Crippen molar-refractivity contribution >= 4 is 21.4 Å². The highest BCUT2D eigenvalue weighted by atomic mass is 32.2. The molecular weight excluding hydrogens is 472 g/mol. The summed E-state index contributed by atoms with van der Waals surface area (Å²) in [7, 11) is -1.94. The first kappa shape index (κ1) is 25.8. The molecule has 3 aromatic rings. The van der Waals surface area contributed by atoms with Crippen LogP contribution in [0.5, 0.6) is 5.75 Å². The van der Waals surface area contributed by atoms with Crippen LogP contribution in [0.15, 0.2) is 77.7 Å². The molecule has 0 atom stereocenters. The zero-order valence-corrected chi connectivity index (χ0v) is 22.2. The number of carbonyl (C=O) groups excluding carboxylic acids is 1. The third-order valence-electron chi connectivity index (χ3n) is 6.61. The minimum Gasteiger partial charge on any atom is -0.495 e. The molecule has 1 aliphatic heterocycles. The lowest BCUT2D eigenvalue weighted by atomic mass is 9.87. The van der Waals surface area contributed by atoms with Gasteiger partial charge in [0.15, 0.2) is 9.84 Å². The molecule has 3 aromatic carbocycles. The Kier molecular flexibility index (Phi) is 7.41. The lowest BCUT2D eigenvalue weighted by Crippen LogP contribution is -2.48. The summed E-state index contributed by atoms with van der Waals surface area (Å²) in [5.41, 5.74) is 3.29. The summed E-state index contributed by atoms with van der Waals surface area (Å²) in [5.74, 6) is 0.552. The first-order chi connectivity index (χ1) is 17.1. The molecule has 0 saturated carbocycles. The lowest BCUT2D eigenvalue weighted by Gasteiger charge is -2.36. The predicted molar refractivity (Wildman–Crippen MR) is 144 cm³/mol. The van der Waals surface area contributed by atoms with Gasteiger partial charge in [-0.25, -0.2) is 8.42 Å². The van der Waals surface area contributed by atoms with Crippen molar-refractivity contribution in [2.75, 3.05) is 38.2 Å². The van der Waals surface area contributed by atoms with Crippen LogP contribution in [0.4, 0.5) is 5.69 Å². The molecule has 6 nitrogen and oxygen atoms in total. The summed E-state index contributed by atoms with van der Waals surface area (Å²) in [6, 6.07) is 22.0. The number of benzene rings is 3. The number of nitrogens with zero attached hydrogens (tertiary/aromatic N) is 2. The quantitative estimate of drug-likeness (QED) is 0.474. The number of amides is 1. The van der Waals surface area contributed by atoms with Crippen molar-refractivity contribution in [3.63, 3.8) is 0 Å². The molecule has 4 rings (SSSR count). The molecule has 0 N–H and O–H groups in total. The summed E-state index contributed by atoms with van der Waals surface area (Å²) in [6.07, 6.45) is 0. The Bertz CT molecular complexity index is 1320. The summed E-state index contributed by atoms with van der Waals surface area (Å²) in [5, 5.41) is 0. The van der Waals surface area contributed by atoms with Gasteiger partial charge in [0.25, 0.3) is 5.91 Å². The highest BCUT2D eigenvalue weighted by Gasteiger charge is 2.25. The number of ether oxygens (including phenoxy) is 1. The first-order valence-electron chi connectivity index (χ1n) is 12.2. The van der Waals surface area contributed by atoms with Crippen LogP contribution in [0.1, 0.15) is 42.3 Å². The Balaban J connectivity index is 1.44. The number of anilines is 1. The van der Waals surface area contributed by atoms with Crippen LogP contribution in [0.25, 0.3) is 0 Å². The van der Waals surface area contributed by atoms with Crippen molar-refractivity contribution in [3.8, 4) is 5.75 Å². The van der Waals surface area contributed by atoms with Crippen molar-refractivity contribution in [2.45, 2.75) is 36.8 Å². The average molecular weight is 507 g/mol. The number of hydrogen-bond donors (Lipinski definition) is 0. The third kappa shape index (κ3) is 5.73. The molecule has 0 spiro atoms. The van der Waals surface area contributed by atoms with Gasteiger partial charge in [0.05, 0.1) is 23.4 Å². The zero-order chi connectivity index (χ0) is 25.9. The van der Waals surface area contributed by atoms with Gasteiger partial charge in [-0.2, -0.15) is 0 Å². The van der Waals surface area contributed by atoms with Crippen LogP contribution >= 0.6 is 0 Å². The standard InChI is InChI=1S/C29H34N2O4S/c1-29(2,3)24-14-12-22(13-15-24)21-36(33,34)25-9-7-8-23(20-25)28(32)31-18-16-30(17-19-31)26-10-5-6-11-27(26)35-4/h5-15,20H,16-19,21H2,1-4H3. The number of piperazine rings is 1. The maximum Gasteiger partial charge on any atom is 0.254 e. The molecule has 1 amide bonds. The number of carbonyl (C=O) groups is 1. The molecule has 0 radical (unpaired) electrons. The summed E-state index contributed by atoms with van der Waals surface area (Å²) in [4.78, 5) is 17.4. The fourth-order valence-corrected chi connectivity index (χ4v) is 5.84. The molecule has 1 fully saturated rings. The highest BCUT2D eigenvalue weighted by Crippen LogP contribution is 2.29. The van der Waals surface area contributed by atoms with Gasteiger partial charge in [-0.3, -0.25) is 4.79 Å². The Morgan fingerprint density at radius 2 is 1.56 bits per heavy atom. The van der Waals surface area contributed by atoms with Crippen molar-refractivity contribution in [1.82, 2.24) is 4.90 Å². The first-order valence-corrected chi connectivity index (χ1v) is 13.8. The Morgan fingerprint density at radius 3 is 2.19 bits per heavy atom. The molecule has 36 heavy (non-hydrogen) atoms. The molecular formula is C29H34N2O4S. The average Bonchev–Trinajstić information content (AvgIpc) is 2.88. The minimum absolute atomic E-state index is 0.00471. The SMILES string of the molecule is COc1ccccc1N1CCN(C(=O)c2cccc(S(=O)(=O)Cc3ccc(C(C)(C)C)cc3)c2)CC1. The maximum atomic E-state index is 13.2. The molecule has 1 aliphatic rings. The van der Waals surface area contributed by atoms with E-state index in [4.69, 9.17) is 4.74 Å².